The average Bonchev–Trinajstić information content (AvgIpc) is 2.16. The van der Waals surface area contributed by atoms with Gasteiger partial charge in [-0.25, -0.2) is 9.59 Å². The minimum absolute atomic E-state index is 0.359. The van der Waals surface area contributed by atoms with E-state index in [-0.39, 0.29) is 5.75 Å². The number of aromatic carboxylic acids is 2. The van der Waals surface area contributed by atoms with E-state index in [9.17, 15) is 14.7 Å². The van der Waals surface area contributed by atoms with Crippen LogP contribution in [0.3, 0.4) is 0 Å². The molecule has 0 radical (unpaired) electrons. The molecular formula is C9H8O6. The summed E-state index contributed by atoms with van der Waals surface area (Å²) in [6, 6.07) is 2.07. The van der Waals surface area contributed by atoms with Gasteiger partial charge in [0.2, 0.25) is 0 Å². The molecule has 0 aliphatic heterocycles. The number of aromatic hydroxyl groups is 1. The SMILES string of the molecule is COc1c(O)ccc(C(=O)O)c1C(=O)O. The Morgan fingerprint density at radius 2 is 1.80 bits per heavy atom. The third-order valence-corrected chi connectivity index (χ3v) is 1.79. The van der Waals surface area contributed by atoms with Gasteiger partial charge in [0, 0.05) is 0 Å². The monoisotopic (exact) mass is 212 g/mol. The zero-order chi connectivity index (χ0) is 11.6. The lowest BCUT2D eigenvalue weighted by molar-refractivity contribution is 0.0647. The van der Waals surface area contributed by atoms with Crippen LogP contribution in [0, 0.1) is 0 Å². The average molecular weight is 212 g/mol. The highest BCUT2D eigenvalue weighted by atomic mass is 16.5. The molecule has 0 amide bonds. The van der Waals surface area contributed by atoms with Gasteiger partial charge >= 0.3 is 11.9 Å². The number of carbonyl (C=O) groups is 2. The number of phenols is 1. The molecule has 0 fully saturated rings. The number of hydrogen-bond donors (Lipinski definition) is 3. The van der Waals surface area contributed by atoms with Crippen molar-refractivity contribution in [1.29, 1.82) is 0 Å². The minimum Gasteiger partial charge on any atom is -0.504 e. The Morgan fingerprint density at radius 3 is 2.20 bits per heavy atom. The normalized spacial score (nSPS) is 9.67. The van der Waals surface area contributed by atoms with E-state index >= 15 is 0 Å². The number of methoxy groups -OCH3 is 1. The predicted molar refractivity (Wildman–Crippen MR) is 48.6 cm³/mol. The van der Waals surface area contributed by atoms with Crippen LogP contribution in [0.2, 0.25) is 0 Å². The summed E-state index contributed by atoms with van der Waals surface area (Å²) >= 11 is 0. The summed E-state index contributed by atoms with van der Waals surface area (Å²) in [5.41, 5.74) is -0.998. The molecule has 0 saturated carbocycles. The van der Waals surface area contributed by atoms with Gasteiger partial charge in [-0.3, -0.25) is 0 Å². The molecule has 15 heavy (non-hydrogen) atoms. The van der Waals surface area contributed by atoms with Crippen LogP contribution in [0.4, 0.5) is 0 Å². The lowest BCUT2D eigenvalue weighted by atomic mass is 10.1. The molecule has 0 atom stereocenters. The molecule has 0 aromatic heterocycles. The van der Waals surface area contributed by atoms with Gasteiger partial charge < -0.3 is 20.1 Å². The van der Waals surface area contributed by atoms with Crippen molar-refractivity contribution >= 4 is 11.9 Å². The third kappa shape index (κ3) is 1.83. The fourth-order valence-corrected chi connectivity index (χ4v) is 1.17. The van der Waals surface area contributed by atoms with Crippen molar-refractivity contribution in [2.24, 2.45) is 0 Å². The Hall–Kier alpha value is -2.24. The number of rotatable bonds is 3. The van der Waals surface area contributed by atoms with Crippen LogP contribution >= 0.6 is 0 Å². The van der Waals surface area contributed by atoms with Gasteiger partial charge in [0.05, 0.1) is 12.7 Å². The fourth-order valence-electron chi connectivity index (χ4n) is 1.17. The van der Waals surface area contributed by atoms with Crippen molar-refractivity contribution < 1.29 is 29.6 Å². The van der Waals surface area contributed by atoms with Crippen molar-refractivity contribution in [3.05, 3.63) is 23.3 Å². The Balaban J connectivity index is 3.56. The molecule has 3 N–H and O–H groups in total. The zero-order valence-electron chi connectivity index (χ0n) is 7.72. The first-order chi connectivity index (χ1) is 6.99. The van der Waals surface area contributed by atoms with Crippen LogP contribution in [-0.4, -0.2) is 34.4 Å². The number of carboxylic acid groups (broad SMARTS) is 2. The molecule has 6 heteroatoms. The molecule has 6 nitrogen and oxygen atoms in total. The van der Waals surface area contributed by atoms with Gasteiger partial charge in [-0.15, -0.1) is 0 Å². The number of carboxylic acids is 2. The summed E-state index contributed by atoms with van der Waals surface area (Å²) in [4.78, 5) is 21.5. The summed E-state index contributed by atoms with van der Waals surface area (Å²) in [6.07, 6.45) is 0. The first-order valence-electron chi connectivity index (χ1n) is 3.85. The maximum Gasteiger partial charge on any atom is 0.340 e. The zero-order valence-corrected chi connectivity index (χ0v) is 7.72. The van der Waals surface area contributed by atoms with Crippen LogP contribution in [0.1, 0.15) is 20.7 Å². The van der Waals surface area contributed by atoms with Crippen LogP contribution in [0.5, 0.6) is 11.5 Å². The second-order valence-corrected chi connectivity index (χ2v) is 2.65. The second-order valence-electron chi connectivity index (χ2n) is 2.65. The summed E-state index contributed by atoms with van der Waals surface area (Å²) in [6.45, 7) is 0. The van der Waals surface area contributed by atoms with Crippen molar-refractivity contribution in [2.75, 3.05) is 7.11 Å². The molecule has 0 spiro atoms. The Labute approximate surface area is 84.3 Å². The topological polar surface area (TPSA) is 104 Å². The third-order valence-electron chi connectivity index (χ3n) is 1.79. The molecule has 0 aliphatic rings. The predicted octanol–water partition coefficient (Wildman–Crippen LogP) is 0.797. The van der Waals surface area contributed by atoms with Gasteiger partial charge in [-0.05, 0) is 12.1 Å². The fraction of sp³-hybridized carbons (Fsp3) is 0.111. The van der Waals surface area contributed by atoms with Crippen molar-refractivity contribution in [2.45, 2.75) is 0 Å². The van der Waals surface area contributed by atoms with E-state index < -0.39 is 28.8 Å². The number of phenolic OH excluding ortho intramolecular Hbond substituents is 1. The molecule has 80 valence electrons. The smallest absolute Gasteiger partial charge is 0.340 e. The van der Waals surface area contributed by atoms with Crippen LogP contribution < -0.4 is 4.74 Å². The summed E-state index contributed by atoms with van der Waals surface area (Å²) < 4.78 is 4.63. The first kappa shape index (κ1) is 10.8. The lowest BCUT2D eigenvalue weighted by Gasteiger charge is -2.09. The summed E-state index contributed by atoms with van der Waals surface area (Å²) in [5, 5.41) is 26.8. The quantitative estimate of drug-likeness (QED) is 0.684. The molecular weight excluding hydrogens is 204 g/mol. The van der Waals surface area contributed by atoms with E-state index in [4.69, 9.17) is 10.2 Å². The molecule has 0 aliphatic carbocycles. The summed E-state index contributed by atoms with van der Waals surface area (Å²) in [5.74, 6) is -3.65. The van der Waals surface area contributed by atoms with Gasteiger partial charge in [0.25, 0.3) is 0 Å². The van der Waals surface area contributed by atoms with Crippen molar-refractivity contribution in [3.63, 3.8) is 0 Å². The molecule has 0 unspecified atom stereocenters. The van der Waals surface area contributed by atoms with Crippen LogP contribution in [0.25, 0.3) is 0 Å². The van der Waals surface area contributed by atoms with E-state index in [1.807, 2.05) is 0 Å². The second kappa shape index (κ2) is 3.87. The minimum atomic E-state index is -1.47. The van der Waals surface area contributed by atoms with Crippen LogP contribution in [0.15, 0.2) is 12.1 Å². The van der Waals surface area contributed by atoms with E-state index in [0.29, 0.717) is 0 Å². The van der Waals surface area contributed by atoms with E-state index in [0.717, 1.165) is 19.2 Å². The maximum absolute atomic E-state index is 10.8. The molecule has 1 aromatic carbocycles. The lowest BCUT2D eigenvalue weighted by Crippen LogP contribution is -2.09. The van der Waals surface area contributed by atoms with E-state index in [1.54, 1.807) is 0 Å². The first-order valence-corrected chi connectivity index (χ1v) is 3.85. The van der Waals surface area contributed by atoms with E-state index in [1.165, 1.54) is 0 Å². The summed E-state index contributed by atoms with van der Waals surface area (Å²) in [7, 11) is 1.15. The van der Waals surface area contributed by atoms with Crippen LogP contribution in [-0.2, 0) is 0 Å². The maximum atomic E-state index is 10.8. The number of hydrogen-bond acceptors (Lipinski definition) is 4. The Bertz CT molecular complexity index is 423. The number of benzene rings is 1. The standard InChI is InChI=1S/C9H8O6/c1-15-7-5(10)3-2-4(8(11)12)6(7)9(13)14/h2-3,10H,1H3,(H,11,12)(H,13,14). The highest BCUT2D eigenvalue weighted by molar-refractivity contribution is 6.04. The van der Waals surface area contributed by atoms with Gasteiger partial charge in [0.1, 0.15) is 5.56 Å². The van der Waals surface area contributed by atoms with Crippen molar-refractivity contribution in [3.8, 4) is 11.5 Å². The molecule has 1 aromatic rings. The van der Waals surface area contributed by atoms with Crippen molar-refractivity contribution in [1.82, 2.24) is 0 Å². The van der Waals surface area contributed by atoms with Gasteiger partial charge in [-0.1, -0.05) is 0 Å². The molecule has 1 rings (SSSR count). The van der Waals surface area contributed by atoms with E-state index in [2.05, 4.69) is 4.74 Å². The molecule has 0 bridgehead atoms. The highest BCUT2D eigenvalue weighted by Crippen LogP contribution is 2.32. The largest absolute Gasteiger partial charge is 0.504 e. The number of ether oxygens (including phenoxy) is 1. The van der Waals surface area contributed by atoms with Gasteiger partial charge in [-0.2, -0.15) is 0 Å². The molecule has 0 heterocycles. The molecule has 0 saturated heterocycles. The Kier molecular flexibility index (Phi) is 2.80. The van der Waals surface area contributed by atoms with Gasteiger partial charge in [0.15, 0.2) is 11.5 Å². The highest BCUT2D eigenvalue weighted by Gasteiger charge is 2.23. The Morgan fingerprint density at radius 1 is 1.20 bits per heavy atom.